The second-order valence-corrected chi connectivity index (χ2v) is 7.72. The highest BCUT2D eigenvalue weighted by atomic mass is 32.2. The fourth-order valence-corrected chi connectivity index (χ4v) is 3.90. The molecule has 0 saturated heterocycles. The van der Waals surface area contributed by atoms with Crippen molar-refractivity contribution in [1.29, 1.82) is 0 Å². The molecule has 1 aliphatic heterocycles. The first kappa shape index (κ1) is 17.1. The number of rotatable bonds is 5. The summed E-state index contributed by atoms with van der Waals surface area (Å²) in [5.74, 6) is 0.741. The van der Waals surface area contributed by atoms with E-state index < -0.39 is 10.0 Å². The minimum absolute atomic E-state index is 0.0325. The SMILES string of the molecule is CC(C)C[C@@H]1COc2cc(N(C)CCO)ccc2S(=O)(=O)N1. The summed E-state index contributed by atoms with van der Waals surface area (Å²) in [7, 11) is -1.73. The summed E-state index contributed by atoms with van der Waals surface area (Å²) < 4.78 is 33.3. The zero-order chi connectivity index (χ0) is 16.3. The van der Waals surface area contributed by atoms with Crippen molar-refractivity contribution in [3.05, 3.63) is 18.2 Å². The van der Waals surface area contributed by atoms with Crippen molar-refractivity contribution >= 4 is 15.7 Å². The molecule has 0 spiro atoms. The van der Waals surface area contributed by atoms with E-state index in [-0.39, 0.29) is 17.5 Å². The number of hydrogen-bond donors (Lipinski definition) is 2. The Labute approximate surface area is 132 Å². The predicted octanol–water partition coefficient (Wildman–Crippen LogP) is 1.20. The van der Waals surface area contributed by atoms with Gasteiger partial charge in [0.25, 0.3) is 0 Å². The number of fused-ring (bicyclic) bond motifs is 1. The number of aliphatic hydroxyl groups is 1. The highest BCUT2D eigenvalue weighted by molar-refractivity contribution is 7.89. The van der Waals surface area contributed by atoms with Gasteiger partial charge in [0.2, 0.25) is 10.0 Å². The monoisotopic (exact) mass is 328 g/mol. The molecule has 0 amide bonds. The Balaban J connectivity index is 2.30. The lowest BCUT2D eigenvalue weighted by Crippen LogP contribution is -2.37. The van der Waals surface area contributed by atoms with Gasteiger partial charge in [0.1, 0.15) is 17.3 Å². The zero-order valence-electron chi connectivity index (χ0n) is 13.2. The summed E-state index contributed by atoms with van der Waals surface area (Å²) in [6.07, 6.45) is 0.727. The maximum absolute atomic E-state index is 12.4. The molecule has 0 bridgehead atoms. The fraction of sp³-hybridized carbons (Fsp3) is 0.600. The smallest absolute Gasteiger partial charge is 0.244 e. The number of hydrogen-bond acceptors (Lipinski definition) is 5. The van der Waals surface area contributed by atoms with Gasteiger partial charge in [-0.15, -0.1) is 0 Å². The van der Waals surface area contributed by atoms with Crippen LogP contribution in [0, 0.1) is 5.92 Å². The molecule has 0 aromatic heterocycles. The van der Waals surface area contributed by atoms with Crippen LogP contribution in [0.15, 0.2) is 23.1 Å². The molecule has 1 atom stereocenters. The highest BCUT2D eigenvalue weighted by Crippen LogP contribution is 2.31. The molecule has 1 aliphatic rings. The number of nitrogens with zero attached hydrogens (tertiary/aromatic N) is 1. The third-order valence-corrected chi connectivity index (χ3v) is 5.17. The van der Waals surface area contributed by atoms with E-state index in [2.05, 4.69) is 4.72 Å². The van der Waals surface area contributed by atoms with E-state index in [4.69, 9.17) is 9.84 Å². The molecule has 1 aromatic carbocycles. The Bertz CT molecular complexity index is 616. The van der Waals surface area contributed by atoms with E-state index in [9.17, 15) is 8.42 Å². The van der Waals surface area contributed by atoms with Crippen LogP contribution in [0.25, 0.3) is 0 Å². The van der Waals surface area contributed by atoms with Crippen LogP contribution in [-0.4, -0.2) is 46.4 Å². The van der Waals surface area contributed by atoms with Gasteiger partial charge >= 0.3 is 0 Å². The van der Waals surface area contributed by atoms with Crippen molar-refractivity contribution < 1.29 is 18.3 Å². The number of aliphatic hydroxyl groups excluding tert-OH is 1. The van der Waals surface area contributed by atoms with Crippen molar-refractivity contribution in [1.82, 2.24) is 4.72 Å². The van der Waals surface area contributed by atoms with Gasteiger partial charge < -0.3 is 14.7 Å². The Morgan fingerprint density at radius 3 is 2.82 bits per heavy atom. The molecule has 0 aliphatic carbocycles. The van der Waals surface area contributed by atoms with E-state index in [1.54, 1.807) is 18.2 Å². The molecule has 7 heteroatoms. The minimum atomic E-state index is -3.57. The summed E-state index contributed by atoms with van der Waals surface area (Å²) in [5, 5.41) is 9.00. The highest BCUT2D eigenvalue weighted by Gasteiger charge is 2.29. The lowest BCUT2D eigenvalue weighted by molar-refractivity contribution is 0.262. The molecular weight excluding hydrogens is 304 g/mol. The quantitative estimate of drug-likeness (QED) is 0.849. The Morgan fingerprint density at radius 2 is 2.18 bits per heavy atom. The lowest BCUT2D eigenvalue weighted by atomic mass is 10.1. The second kappa shape index (κ2) is 6.85. The molecule has 0 saturated carbocycles. The summed E-state index contributed by atoms with van der Waals surface area (Å²) in [6, 6.07) is 4.76. The molecule has 2 N–H and O–H groups in total. The summed E-state index contributed by atoms with van der Waals surface area (Å²) in [4.78, 5) is 2.01. The van der Waals surface area contributed by atoms with Crippen LogP contribution in [0.1, 0.15) is 20.3 Å². The third-order valence-electron chi connectivity index (χ3n) is 3.61. The molecular formula is C15H24N2O4S. The average Bonchev–Trinajstić information content (AvgIpc) is 2.55. The molecule has 124 valence electrons. The van der Waals surface area contributed by atoms with Gasteiger partial charge in [0.15, 0.2) is 0 Å². The van der Waals surface area contributed by atoms with Crippen LogP contribution in [-0.2, 0) is 10.0 Å². The van der Waals surface area contributed by atoms with Crippen LogP contribution in [0.5, 0.6) is 5.75 Å². The predicted molar refractivity (Wildman–Crippen MR) is 85.9 cm³/mol. The summed E-state index contributed by atoms with van der Waals surface area (Å²) in [6.45, 7) is 4.92. The van der Waals surface area contributed by atoms with E-state index >= 15 is 0 Å². The summed E-state index contributed by atoms with van der Waals surface area (Å²) in [5.41, 5.74) is 0.810. The lowest BCUT2D eigenvalue weighted by Gasteiger charge is -2.19. The maximum Gasteiger partial charge on any atom is 0.244 e. The molecule has 0 radical (unpaired) electrons. The number of nitrogens with one attached hydrogen (secondary N) is 1. The Hall–Kier alpha value is -1.31. The minimum Gasteiger partial charge on any atom is -0.490 e. The van der Waals surface area contributed by atoms with Crippen LogP contribution in [0.2, 0.25) is 0 Å². The van der Waals surface area contributed by atoms with Gasteiger partial charge in [-0.1, -0.05) is 13.8 Å². The molecule has 0 fully saturated rings. The Kier molecular flexibility index (Phi) is 5.31. The van der Waals surface area contributed by atoms with E-state index in [1.807, 2.05) is 25.8 Å². The van der Waals surface area contributed by atoms with Crippen LogP contribution in [0.4, 0.5) is 5.69 Å². The number of likely N-dealkylation sites (N-methyl/N-ethyl adjacent to an activating group) is 1. The van der Waals surface area contributed by atoms with Gasteiger partial charge in [-0.05, 0) is 24.5 Å². The number of benzene rings is 1. The van der Waals surface area contributed by atoms with Gasteiger partial charge in [0.05, 0.1) is 12.6 Å². The first-order valence-electron chi connectivity index (χ1n) is 7.44. The van der Waals surface area contributed by atoms with Gasteiger partial charge in [-0.3, -0.25) is 0 Å². The molecule has 22 heavy (non-hydrogen) atoms. The van der Waals surface area contributed by atoms with Gasteiger partial charge in [-0.25, -0.2) is 13.1 Å². The van der Waals surface area contributed by atoms with Crippen molar-refractivity contribution in [2.75, 3.05) is 31.7 Å². The first-order chi connectivity index (χ1) is 10.3. The van der Waals surface area contributed by atoms with Crippen molar-refractivity contribution in [2.45, 2.75) is 31.2 Å². The topological polar surface area (TPSA) is 78.9 Å². The first-order valence-corrected chi connectivity index (χ1v) is 8.93. The van der Waals surface area contributed by atoms with Gasteiger partial charge in [-0.2, -0.15) is 0 Å². The zero-order valence-corrected chi connectivity index (χ0v) is 14.1. The second-order valence-electron chi connectivity index (χ2n) is 6.03. The fourth-order valence-electron chi connectivity index (χ4n) is 2.54. The molecule has 1 heterocycles. The standard InChI is InChI=1S/C15H24N2O4S/c1-11(2)8-12-10-21-14-9-13(17(3)6-7-18)4-5-15(14)22(19,20)16-12/h4-5,9,11-12,16,18H,6-8,10H2,1-3H3/t12-/m1/s1. The van der Waals surface area contributed by atoms with E-state index in [0.29, 0.717) is 24.8 Å². The van der Waals surface area contributed by atoms with E-state index in [1.165, 1.54) is 0 Å². The molecule has 1 aromatic rings. The number of sulfonamides is 1. The van der Waals surface area contributed by atoms with Crippen molar-refractivity contribution in [3.63, 3.8) is 0 Å². The van der Waals surface area contributed by atoms with Gasteiger partial charge in [0, 0.05) is 25.3 Å². The molecule has 2 rings (SSSR count). The number of ether oxygens (including phenoxy) is 1. The van der Waals surface area contributed by atoms with Crippen molar-refractivity contribution in [2.24, 2.45) is 5.92 Å². The normalized spacial score (nSPS) is 20.1. The molecule has 0 unspecified atom stereocenters. The van der Waals surface area contributed by atoms with E-state index in [0.717, 1.165) is 12.1 Å². The van der Waals surface area contributed by atoms with Crippen LogP contribution >= 0.6 is 0 Å². The Morgan fingerprint density at radius 1 is 1.45 bits per heavy atom. The van der Waals surface area contributed by atoms with Crippen LogP contribution < -0.4 is 14.4 Å². The number of anilines is 1. The largest absolute Gasteiger partial charge is 0.490 e. The summed E-state index contributed by atoms with van der Waals surface area (Å²) >= 11 is 0. The average molecular weight is 328 g/mol. The third kappa shape index (κ3) is 3.91. The van der Waals surface area contributed by atoms with Crippen LogP contribution in [0.3, 0.4) is 0 Å². The maximum atomic E-state index is 12.4. The van der Waals surface area contributed by atoms with Crippen molar-refractivity contribution in [3.8, 4) is 5.75 Å². The molecule has 6 nitrogen and oxygen atoms in total.